The van der Waals surface area contributed by atoms with Crippen LogP contribution in [0.25, 0.3) is 11.1 Å². The average Bonchev–Trinajstić information content (AvgIpc) is 2.88. The molecule has 0 radical (unpaired) electrons. The third-order valence-corrected chi connectivity index (χ3v) is 7.54. The Balaban J connectivity index is 1.35. The van der Waals surface area contributed by atoms with Gasteiger partial charge in [-0.3, -0.25) is 9.69 Å². The molecule has 0 unspecified atom stereocenters. The maximum atomic E-state index is 13.2. The van der Waals surface area contributed by atoms with Gasteiger partial charge in [0.1, 0.15) is 0 Å². The fraction of sp³-hybridized carbons (Fsp3) is 0.333. The lowest BCUT2D eigenvalue weighted by molar-refractivity contribution is -0.135. The molecule has 2 aliphatic rings. The highest BCUT2D eigenvalue weighted by atomic mass is 16.3. The van der Waals surface area contributed by atoms with Crippen molar-refractivity contribution in [1.82, 2.24) is 9.80 Å². The quantitative estimate of drug-likeness (QED) is 0.613. The number of amides is 1. The summed E-state index contributed by atoms with van der Waals surface area (Å²) in [6, 6.07) is 28.6. The lowest BCUT2D eigenvalue weighted by Crippen LogP contribution is -2.68. The van der Waals surface area contributed by atoms with Crippen molar-refractivity contribution in [3.05, 3.63) is 95.6 Å². The summed E-state index contributed by atoms with van der Waals surface area (Å²) >= 11 is 0. The van der Waals surface area contributed by atoms with E-state index in [1.54, 1.807) is 0 Å². The van der Waals surface area contributed by atoms with Crippen LogP contribution in [-0.2, 0) is 11.2 Å². The molecule has 5 heteroatoms. The Bertz CT molecular complexity index is 1200. The van der Waals surface area contributed by atoms with Gasteiger partial charge >= 0.3 is 0 Å². The van der Waals surface area contributed by atoms with Crippen LogP contribution in [0.3, 0.4) is 0 Å². The Labute approximate surface area is 207 Å². The van der Waals surface area contributed by atoms with E-state index in [0.29, 0.717) is 18.5 Å². The van der Waals surface area contributed by atoms with Gasteiger partial charge in [0.05, 0.1) is 24.7 Å². The van der Waals surface area contributed by atoms with E-state index in [4.69, 9.17) is 0 Å². The number of benzene rings is 3. The lowest BCUT2D eigenvalue weighted by atomic mass is 9.74. The lowest BCUT2D eigenvalue weighted by Gasteiger charge is -2.57. The highest BCUT2D eigenvalue weighted by molar-refractivity contribution is 5.79. The first-order chi connectivity index (χ1) is 17.2. The van der Waals surface area contributed by atoms with E-state index in [9.17, 15) is 15.2 Å². The van der Waals surface area contributed by atoms with Gasteiger partial charge in [-0.2, -0.15) is 5.26 Å². The highest BCUT2D eigenvalue weighted by Crippen LogP contribution is 2.42. The predicted octanol–water partition coefficient (Wildman–Crippen LogP) is 4.22. The summed E-state index contributed by atoms with van der Waals surface area (Å²) in [7, 11) is 0. The van der Waals surface area contributed by atoms with Crippen LogP contribution in [-0.4, -0.2) is 59.1 Å². The van der Waals surface area contributed by atoms with Crippen LogP contribution in [0.15, 0.2) is 78.9 Å². The Morgan fingerprint density at radius 2 is 1.71 bits per heavy atom. The molecule has 0 saturated carbocycles. The van der Waals surface area contributed by atoms with Crippen LogP contribution in [0, 0.1) is 11.3 Å². The Kier molecular flexibility index (Phi) is 6.94. The minimum Gasteiger partial charge on any atom is -0.395 e. The van der Waals surface area contributed by atoms with Gasteiger partial charge in [-0.05, 0) is 53.8 Å². The first kappa shape index (κ1) is 23.3. The first-order valence-corrected chi connectivity index (χ1v) is 12.5. The van der Waals surface area contributed by atoms with Crippen molar-refractivity contribution < 1.29 is 9.90 Å². The maximum Gasteiger partial charge on any atom is 0.227 e. The minimum absolute atomic E-state index is 0.0805. The van der Waals surface area contributed by atoms with E-state index in [2.05, 4.69) is 35.2 Å². The van der Waals surface area contributed by atoms with Crippen molar-refractivity contribution in [1.29, 1.82) is 5.26 Å². The summed E-state index contributed by atoms with van der Waals surface area (Å²) < 4.78 is 0. The van der Waals surface area contributed by atoms with Gasteiger partial charge in [0.2, 0.25) is 5.91 Å². The number of hydrogen-bond acceptors (Lipinski definition) is 4. The molecule has 35 heavy (non-hydrogen) atoms. The predicted molar refractivity (Wildman–Crippen MR) is 137 cm³/mol. The third kappa shape index (κ3) is 4.86. The molecule has 2 heterocycles. The number of nitriles is 1. The van der Waals surface area contributed by atoms with Crippen molar-refractivity contribution in [2.24, 2.45) is 0 Å². The summed E-state index contributed by atoms with van der Waals surface area (Å²) in [5, 5.41) is 19.4. The van der Waals surface area contributed by atoms with Crippen LogP contribution in [0.4, 0.5) is 0 Å². The molecule has 2 saturated heterocycles. The van der Waals surface area contributed by atoms with Crippen molar-refractivity contribution in [2.45, 2.75) is 37.3 Å². The summed E-state index contributed by atoms with van der Waals surface area (Å²) in [5.41, 5.74) is 4.98. The number of rotatable bonds is 5. The number of carbonyl (C=O) groups is 1. The smallest absolute Gasteiger partial charge is 0.227 e. The first-order valence-electron chi connectivity index (χ1n) is 12.5. The molecular formula is C30H31N3O2. The van der Waals surface area contributed by atoms with Crippen molar-refractivity contribution in [3.8, 4) is 17.2 Å². The molecule has 3 aromatic carbocycles. The van der Waals surface area contributed by atoms with Crippen LogP contribution < -0.4 is 0 Å². The summed E-state index contributed by atoms with van der Waals surface area (Å²) in [6.45, 7) is 2.57. The largest absolute Gasteiger partial charge is 0.395 e. The molecule has 5 rings (SSSR count). The van der Waals surface area contributed by atoms with Crippen molar-refractivity contribution in [3.63, 3.8) is 0 Å². The molecule has 0 bridgehead atoms. The van der Waals surface area contributed by atoms with Gasteiger partial charge in [-0.15, -0.1) is 0 Å². The Hall–Kier alpha value is -3.46. The SMILES string of the molecule is N#Cc1cccc(-c2ccc([C@H]3[C@H]4CN(C(=O)Cc5ccccc5)CCCCN4[C@H]3CO)cc2)c1. The molecule has 0 spiro atoms. The Morgan fingerprint density at radius 3 is 2.46 bits per heavy atom. The molecule has 5 nitrogen and oxygen atoms in total. The van der Waals surface area contributed by atoms with Gasteiger partial charge in [0.15, 0.2) is 0 Å². The third-order valence-electron chi connectivity index (χ3n) is 7.54. The molecule has 1 N–H and O–H groups in total. The van der Waals surface area contributed by atoms with Gasteiger partial charge in [-0.1, -0.05) is 66.7 Å². The molecule has 0 aliphatic carbocycles. The zero-order valence-corrected chi connectivity index (χ0v) is 19.9. The number of fused-ring (bicyclic) bond motifs is 1. The second-order valence-corrected chi connectivity index (χ2v) is 9.60. The summed E-state index contributed by atoms with van der Waals surface area (Å²) in [5.74, 6) is 0.363. The summed E-state index contributed by atoms with van der Waals surface area (Å²) in [6.07, 6.45) is 2.45. The van der Waals surface area contributed by atoms with E-state index in [-0.39, 0.29) is 30.5 Å². The van der Waals surface area contributed by atoms with Crippen LogP contribution >= 0.6 is 0 Å². The summed E-state index contributed by atoms with van der Waals surface area (Å²) in [4.78, 5) is 17.6. The van der Waals surface area contributed by atoms with E-state index < -0.39 is 0 Å². The fourth-order valence-corrected chi connectivity index (χ4v) is 5.72. The molecular weight excluding hydrogens is 434 g/mol. The average molecular weight is 466 g/mol. The molecule has 3 atom stereocenters. The maximum absolute atomic E-state index is 13.2. The van der Waals surface area contributed by atoms with Gasteiger partial charge in [0, 0.05) is 31.1 Å². The second kappa shape index (κ2) is 10.4. The molecule has 1 amide bonds. The minimum atomic E-state index is 0.0805. The van der Waals surface area contributed by atoms with Crippen LogP contribution in [0.1, 0.15) is 35.4 Å². The van der Waals surface area contributed by atoms with E-state index >= 15 is 0 Å². The van der Waals surface area contributed by atoms with Gasteiger partial charge in [0.25, 0.3) is 0 Å². The van der Waals surface area contributed by atoms with Crippen LogP contribution in [0.5, 0.6) is 0 Å². The highest BCUT2D eigenvalue weighted by Gasteiger charge is 2.49. The van der Waals surface area contributed by atoms with Crippen molar-refractivity contribution >= 4 is 5.91 Å². The second-order valence-electron chi connectivity index (χ2n) is 9.60. The number of aliphatic hydroxyl groups is 1. The number of aliphatic hydroxyl groups excluding tert-OH is 1. The van der Waals surface area contributed by atoms with Gasteiger partial charge in [-0.25, -0.2) is 0 Å². The van der Waals surface area contributed by atoms with Crippen molar-refractivity contribution in [2.75, 3.05) is 26.2 Å². The standard InChI is InChI=1S/C30H31N3O2/c31-19-23-9-6-10-26(17-23)24-11-13-25(14-12-24)30-27-20-32(15-4-5-16-33(27)28(30)21-34)29(35)18-22-7-2-1-3-8-22/h1-3,6-14,17,27-28,30,34H,4-5,15-16,18,20-21H2/t27-,28+,30+/m1/s1. The zero-order chi connectivity index (χ0) is 24.2. The number of hydrogen-bond donors (Lipinski definition) is 1. The molecule has 2 aliphatic heterocycles. The molecule has 0 aromatic heterocycles. The van der Waals surface area contributed by atoms with E-state index in [1.807, 2.05) is 59.5 Å². The van der Waals surface area contributed by atoms with E-state index in [1.165, 1.54) is 5.56 Å². The topological polar surface area (TPSA) is 67.6 Å². The number of nitrogens with zero attached hydrogens (tertiary/aromatic N) is 3. The fourth-order valence-electron chi connectivity index (χ4n) is 5.72. The van der Waals surface area contributed by atoms with E-state index in [0.717, 1.165) is 42.6 Å². The molecule has 2 fully saturated rings. The normalized spacial score (nSPS) is 22.3. The van der Waals surface area contributed by atoms with Gasteiger partial charge < -0.3 is 10.0 Å². The zero-order valence-electron chi connectivity index (χ0n) is 19.9. The Morgan fingerprint density at radius 1 is 0.943 bits per heavy atom. The van der Waals surface area contributed by atoms with Crippen LogP contribution in [0.2, 0.25) is 0 Å². The monoisotopic (exact) mass is 465 g/mol. The molecule has 178 valence electrons. The molecule has 3 aromatic rings. The number of carbonyl (C=O) groups excluding carboxylic acids is 1.